The third kappa shape index (κ3) is 3.47. The molecular weight excluding hydrogens is 238 g/mol. The van der Waals surface area contributed by atoms with Crippen LogP contribution < -0.4 is 16.2 Å². The van der Waals surface area contributed by atoms with Crippen molar-refractivity contribution in [2.75, 3.05) is 33.3 Å². The zero-order valence-corrected chi connectivity index (χ0v) is 11.7. The second-order valence-electron chi connectivity index (χ2n) is 5.24. The summed E-state index contributed by atoms with van der Waals surface area (Å²) in [5.74, 6) is 1.43. The molecule has 1 saturated heterocycles. The normalized spacial score (nSPS) is 19.3. The summed E-state index contributed by atoms with van der Waals surface area (Å²) in [5.41, 5.74) is 13.2. The highest BCUT2D eigenvalue weighted by Crippen LogP contribution is 2.33. The molecule has 0 bridgehead atoms. The van der Waals surface area contributed by atoms with Crippen molar-refractivity contribution >= 4 is 0 Å². The van der Waals surface area contributed by atoms with Crippen molar-refractivity contribution in [1.29, 1.82) is 0 Å². The Morgan fingerprint density at radius 2 is 2.00 bits per heavy atom. The molecule has 2 rings (SSSR count). The number of methoxy groups -OCH3 is 1. The van der Waals surface area contributed by atoms with Crippen molar-refractivity contribution in [3.63, 3.8) is 0 Å². The molecule has 0 aliphatic carbocycles. The van der Waals surface area contributed by atoms with Gasteiger partial charge < -0.3 is 21.1 Å². The maximum Gasteiger partial charge on any atom is 0.123 e. The Morgan fingerprint density at radius 3 is 2.63 bits per heavy atom. The maximum absolute atomic E-state index is 6.44. The van der Waals surface area contributed by atoms with Gasteiger partial charge in [0.2, 0.25) is 0 Å². The molecule has 1 atom stereocenters. The predicted molar refractivity (Wildman–Crippen MR) is 78.1 cm³/mol. The lowest BCUT2D eigenvalue weighted by atomic mass is 9.85. The van der Waals surface area contributed by atoms with Gasteiger partial charge in [-0.1, -0.05) is 18.2 Å². The van der Waals surface area contributed by atoms with Gasteiger partial charge in [-0.15, -0.1) is 0 Å². The lowest BCUT2D eigenvalue weighted by Crippen LogP contribution is -2.39. The van der Waals surface area contributed by atoms with Crippen LogP contribution in [-0.2, 0) is 0 Å². The number of hydrogen-bond donors (Lipinski definition) is 2. The third-order valence-electron chi connectivity index (χ3n) is 4.08. The molecule has 1 aliphatic heterocycles. The fraction of sp³-hybridized carbons (Fsp3) is 0.600. The summed E-state index contributed by atoms with van der Waals surface area (Å²) in [6.07, 6.45) is 2.28. The SMILES string of the molecule is COc1ccccc1C(N)C1CCN(CCN)CC1. The van der Waals surface area contributed by atoms with Gasteiger partial charge in [-0.05, 0) is 37.9 Å². The quantitative estimate of drug-likeness (QED) is 0.842. The molecule has 19 heavy (non-hydrogen) atoms. The standard InChI is InChI=1S/C15H25N3O/c1-19-14-5-3-2-4-13(14)15(17)12-6-9-18(10-7-12)11-8-16/h2-5,12,15H,6-11,16-17H2,1H3. The summed E-state index contributed by atoms with van der Waals surface area (Å²) in [6.45, 7) is 3.94. The molecule has 1 aromatic carbocycles. The number of nitrogens with two attached hydrogens (primary N) is 2. The first-order valence-electron chi connectivity index (χ1n) is 7.07. The summed E-state index contributed by atoms with van der Waals surface area (Å²) in [4.78, 5) is 2.42. The van der Waals surface area contributed by atoms with Crippen LogP contribution >= 0.6 is 0 Å². The average molecular weight is 263 g/mol. The van der Waals surface area contributed by atoms with Gasteiger partial charge in [0.05, 0.1) is 7.11 Å². The highest BCUT2D eigenvalue weighted by molar-refractivity contribution is 5.36. The molecule has 0 amide bonds. The molecule has 1 heterocycles. The van der Waals surface area contributed by atoms with E-state index in [4.69, 9.17) is 16.2 Å². The molecule has 4 N–H and O–H groups in total. The summed E-state index contributed by atoms with van der Waals surface area (Å²) >= 11 is 0. The van der Waals surface area contributed by atoms with E-state index in [2.05, 4.69) is 11.0 Å². The van der Waals surface area contributed by atoms with E-state index in [1.54, 1.807) is 7.11 Å². The smallest absolute Gasteiger partial charge is 0.123 e. The summed E-state index contributed by atoms with van der Waals surface area (Å²) in [6, 6.07) is 8.14. The Balaban J connectivity index is 1.99. The van der Waals surface area contributed by atoms with Crippen LogP contribution in [0.2, 0.25) is 0 Å². The minimum atomic E-state index is 0.0659. The molecule has 0 saturated carbocycles. The number of benzene rings is 1. The molecule has 1 aliphatic rings. The largest absolute Gasteiger partial charge is 0.496 e. The lowest BCUT2D eigenvalue weighted by Gasteiger charge is -2.35. The van der Waals surface area contributed by atoms with Gasteiger partial charge in [0, 0.05) is 24.7 Å². The Hall–Kier alpha value is -1.10. The first-order chi connectivity index (χ1) is 9.26. The van der Waals surface area contributed by atoms with Crippen LogP contribution in [-0.4, -0.2) is 38.2 Å². The molecule has 4 heteroatoms. The highest BCUT2D eigenvalue weighted by Gasteiger charge is 2.26. The van der Waals surface area contributed by atoms with Gasteiger partial charge in [-0.3, -0.25) is 0 Å². The predicted octanol–water partition coefficient (Wildman–Crippen LogP) is 1.37. The van der Waals surface area contributed by atoms with E-state index in [1.165, 1.54) is 0 Å². The zero-order chi connectivity index (χ0) is 13.7. The van der Waals surface area contributed by atoms with Gasteiger partial charge in [-0.25, -0.2) is 0 Å². The van der Waals surface area contributed by atoms with Crippen molar-refractivity contribution in [3.8, 4) is 5.75 Å². The molecule has 0 aromatic heterocycles. The molecule has 106 valence electrons. The monoisotopic (exact) mass is 263 g/mol. The van der Waals surface area contributed by atoms with Crippen molar-refractivity contribution in [1.82, 2.24) is 4.90 Å². The summed E-state index contributed by atoms with van der Waals surface area (Å²) < 4.78 is 5.41. The van der Waals surface area contributed by atoms with Gasteiger partial charge in [-0.2, -0.15) is 0 Å². The first-order valence-corrected chi connectivity index (χ1v) is 7.07. The lowest BCUT2D eigenvalue weighted by molar-refractivity contribution is 0.172. The van der Waals surface area contributed by atoms with Crippen molar-refractivity contribution in [2.24, 2.45) is 17.4 Å². The molecule has 0 spiro atoms. The van der Waals surface area contributed by atoms with Crippen LogP contribution in [0.5, 0.6) is 5.75 Å². The second-order valence-corrected chi connectivity index (χ2v) is 5.24. The summed E-state index contributed by atoms with van der Waals surface area (Å²) in [7, 11) is 1.70. The zero-order valence-electron chi connectivity index (χ0n) is 11.7. The average Bonchev–Trinajstić information content (AvgIpc) is 2.47. The fourth-order valence-electron chi connectivity index (χ4n) is 2.91. The summed E-state index contributed by atoms with van der Waals surface area (Å²) in [5, 5.41) is 0. The van der Waals surface area contributed by atoms with Crippen LogP contribution in [0, 0.1) is 5.92 Å². The number of likely N-dealkylation sites (tertiary alicyclic amines) is 1. The van der Waals surface area contributed by atoms with Gasteiger partial charge in [0.15, 0.2) is 0 Å². The van der Waals surface area contributed by atoms with E-state index in [0.29, 0.717) is 5.92 Å². The van der Waals surface area contributed by atoms with Crippen LogP contribution in [0.3, 0.4) is 0 Å². The van der Waals surface area contributed by atoms with E-state index < -0.39 is 0 Å². The first kappa shape index (κ1) is 14.3. The van der Waals surface area contributed by atoms with E-state index in [0.717, 1.165) is 50.3 Å². The van der Waals surface area contributed by atoms with Gasteiger partial charge >= 0.3 is 0 Å². The molecule has 0 radical (unpaired) electrons. The van der Waals surface area contributed by atoms with Crippen molar-refractivity contribution < 1.29 is 4.74 Å². The van der Waals surface area contributed by atoms with Crippen LogP contribution in [0.25, 0.3) is 0 Å². The molecule has 1 aromatic rings. The molecule has 1 fully saturated rings. The number of para-hydroxylation sites is 1. The Kier molecular flexibility index (Phi) is 5.19. The molecule has 1 unspecified atom stereocenters. The minimum absolute atomic E-state index is 0.0659. The Morgan fingerprint density at radius 1 is 1.32 bits per heavy atom. The van der Waals surface area contributed by atoms with Gasteiger partial charge in [0.1, 0.15) is 5.75 Å². The Bertz CT molecular complexity index is 389. The van der Waals surface area contributed by atoms with E-state index in [9.17, 15) is 0 Å². The highest BCUT2D eigenvalue weighted by atomic mass is 16.5. The van der Waals surface area contributed by atoms with E-state index in [-0.39, 0.29) is 6.04 Å². The van der Waals surface area contributed by atoms with Crippen molar-refractivity contribution in [3.05, 3.63) is 29.8 Å². The molecule has 4 nitrogen and oxygen atoms in total. The third-order valence-corrected chi connectivity index (χ3v) is 4.08. The van der Waals surface area contributed by atoms with Gasteiger partial charge in [0.25, 0.3) is 0 Å². The van der Waals surface area contributed by atoms with E-state index >= 15 is 0 Å². The second kappa shape index (κ2) is 6.89. The maximum atomic E-state index is 6.44. The topological polar surface area (TPSA) is 64.5 Å². The number of piperidine rings is 1. The van der Waals surface area contributed by atoms with Crippen molar-refractivity contribution in [2.45, 2.75) is 18.9 Å². The van der Waals surface area contributed by atoms with E-state index in [1.807, 2.05) is 18.2 Å². The fourth-order valence-corrected chi connectivity index (χ4v) is 2.91. The number of nitrogens with zero attached hydrogens (tertiary/aromatic N) is 1. The van der Waals surface area contributed by atoms with Crippen LogP contribution in [0.15, 0.2) is 24.3 Å². The number of rotatable bonds is 5. The minimum Gasteiger partial charge on any atom is -0.496 e. The number of hydrogen-bond acceptors (Lipinski definition) is 4. The number of ether oxygens (including phenoxy) is 1. The molecular formula is C15H25N3O. The van der Waals surface area contributed by atoms with Crippen LogP contribution in [0.4, 0.5) is 0 Å². The Labute approximate surface area is 115 Å². The van der Waals surface area contributed by atoms with Crippen LogP contribution in [0.1, 0.15) is 24.4 Å².